The highest BCUT2D eigenvalue weighted by Gasteiger charge is 2.30. The molecule has 1 aromatic rings. The van der Waals surface area contributed by atoms with E-state index in [0.717, 1.165) is 45.2 Å². The average molecular weight is 420 g/mol. The predicted octanol–water partition coefficient (Wildman–Crippen LogP) is 2.27. The molecule has 0 aromatic heterocycles. The fourth-order valence-corrected chi connectivity index (χ4v) is 6.25. The number of carbonyl (C=O) groups is 1. The van der Waals surface area contributed by atoms with E-state index in [1.807, 2.05) is 17.0 Å². The van der Waals surface area contributed by atoms with Crippen molar-refractivity contribution in [3.8, 4) is 0 Å². The first-order valence-corrected chi connectivity index (χ1v) is 12.6. The number of piperazine rings is 1. The third-order valence-corrected chi connectivity index (χ3v) is 8.50. The molecule has 2 aliphatic heterocycles. The number of amides is 1. The van der Waals surface area contributed by atoms with Crippen molar-refractivity contribution in [2.45, 2.75) is 56.3 Å². The lowest BCUT2D eigenvalue weighted by Gasteiger charge is -2.35. The molecule has 160 valence electrons. The second-order valence-electron chi connectivity index (χ2n) is 8.61. The Morgan fingerprint density at radius 2 is 1.45 bits per heavy atom. The van der Waals surface area contributed by atoms with Crippen molar-refractivity contribution >= 4 is 15.9 Å². The normalized spacial score (nSPS) is 22.1. The van der Waals surface area contributed by atoms with Crippen LogP contribution < -0.4 is 0 Å². The van der Waals surface area contributed by atoms with Gasteiger partial charge in [-0.3, -0.25) is 9.69 Å². The summed E-state index contributed by atoms with van der Waals surface area (Å²) in [6, 6.07) is 5.61. The monoisotopic (exact) mass is 419 g/mol. The average Bonchev–Trinajstić information content (AvgIpc) is 3.16. The van der Waals surface area contributed by atoms with Gasteiger partial charge in [0.15, 0.2) is 0 Å². The number of benzene rings is 1. The third-order valence-electron chi connectivity index (χ3n) is 6.61. The summed E-state index contributed by atoms with van der Waals surface area (Å²) in [6.07, 6.45) is 9.04. The summed E-state index contributed by atoms with van der Waals surface area (Å²) < 4.78 is 27.7. The largest absolute Gasteiger partial charge is 0.342 e. The number of carbonyl (C=O) groups excluding carboxylic acids is 1. The van der Waals surface area contributed by atoms with Crippen LogP contribution in [-0.2, 0) is 27.7 Å². The van der Waals surface area contributed by atoms with Crippen LogP contribution in [0.5, 0.6) is 0 Å². The van der Waals surface area contributed by atoms with E-state index in [-0.39, 0.29) is 5.91 Å². The number of sulfonamides is 1. The molecule has 2 heterocycles. The number of aryl methyl sites for hydroxylation is 2. The van der Waals surface area contributed by atoms with Gasteiger partial charge in [0.1, 0.15) is 0 Å². The molecule has 7 heteroatoms. The van der Waals surface area contributed by atoms with E-state index in [2.05, 4.69) is 4.90 Å². The van der Waals surface area contributed by atoms with Crippen LogP contribution in [-0.4, -0.2) is 74.2 Å². The van der Waals surface area contributed by atoms with E-state index in [1.165, 1.54) is 30.4 Å². The molecular formula is C22H33N3O3S. The van der Waals surface area contributed by atoms with Crippen molar-refractivity contribution < 1.29 is 13.2 Å². The Hall–Kier alpha value is -1.44. The Morgan fingerprint density at radius 1 is 0.793 bits per heavy atom. The van der Waals surface area contributed by atoms with Gasteiger partial charge in [0.05, 0.1) is 11.4 Å². The van der Waals surface area contributed by atoms with E-state index in [0.29, 0.717) is 37.6 Å². The maximum Gasteiger partial charge on any atom is 0.243 e. The molecule has 0 bridgehead atoms. The van der Waals surface area contributed by atoms with Crippen molar-refractivity contribution in [2.75, 3.05) is 45.8 Å². The Kier molecular flexibility index (Phi) is 6.56. The summed E-state index contributed by atoms with van der Waals surface area (Å²) in [5.74, 6) is 0.196. The lowest BCUT2D eigenvalue weighted by atomic mass is 10.1. The number of hydrogen-bond acceptors (Lipinski definition) is 4. The van der Waals surface area contributed by atoms with Gasteiger partial charge in [-0.25, -0.2) is 8.42 Å². The van der Waals surface area contributed by atoms with Gasteiger partial charge >= 0.3 is 0 Å². The van der Waals surface area contributed by atoms with Crippen LogP contribution in [0, 0.1) is 0 Å². The lowest BCUT2D eigenvalue weighted by Crippen LogP contribution is -2.51. The van der Waals surface area contributed by atoms with Crippen molar-refractivity contribution in [1.82, 2.24) is 14.1 Å². The Balaban J connectivity index is 1.32. The number of hydrogen-bond donors (Lipinski definition) is 0. The second kappa shape index (κ2) is 9.14. The molecule has 0 spiro atoms. The molecule has 3 aliphatic rings. The minimum atomic E-state index is -3.45. The summed E-state index contributed by atoms with van der Waals surface area (Å²) in [5, 5.41) is 0. The van der Waals surface area contributed by atoms with Gasteiger partial charge in [-0.05, 0) is 55.4 Å². The van der Waals surface area contributed by atoms with Crippen LogP contribution in [0.2, 0.25) is 0 Å². The molecule has 0 N–H and O–H groups in total. The number of fused-ring (bicyclic) bond motifs is 1. The zero-order valence-electron chi connectivity index (χ0n) is 17.3. The van der Waals surface area contributed by atoms with E-state index in [9.17, 15) is 13.2 Å². The first-order chi connectivity index (χ1) is 14.0. The SMILES string of the molecule is O=C(CN1CCN(S(=O)(=O)c2ccc3c(c2)CCC3)CC1)N1CCCCCCC1. The summed E-state index contributed by atoms with van der Waals surface area (Å²) in [5.41, 5.74) is 2.47. The molecule has 1 amide bonds. The molecule has 0 saturated carbocycles. The third kappa shape index (κ3) is 4.84. The van der Waals surface area contributed by atoms with Crippen molar-refractivity contribution in [3.05, 3.63) is 29.3 Å². The molecule has 4 rings (SSSR count). The standard InChI is InChI=1S/C22H33N3O3S/c26-22(24-11-4-2-1-3-5-12-24)18-23-13-15-25(16-14-23)29(27,28)21-10-9-19-7-6-8-20(19)17-21/h9-10,17H,1-8,11-16,18H2. The highest BCUT2D eigenvalue weighted by Crippen LogP contribution is 2.26. The van der Waals surface area contributed by atoms with Crippen LogP contribution in [0.3, 0.4) is 0 Å². The van der Waals surface area contributed by atoms with E-state index in [1.54, 1.807) is 10.4 Å². The zero-order chi connectivity index (χ0) is 20.3. The highest BCUT2D eigenvalue weighted by atomic mass is 32.2. The molecule has 1 aliphatic carbocycles. The lowest BCUT2D eigenvalue weighted by molar-refractivity contribution is -0.133. The molecule has 6 nitrogen and oxygen atoms in total. The quantitative estimate of drug-likeness (QED) is 0.751. The first kappa shape index (κ1) is 20.8. The van der Waals surface area contributed by atoms with Crippen molar-refractivity contribution in [1.29, 1.82) is 0 Å². The zero-order valence-corrected chi connectivity index (χ0v) is 18.1. The van der Waals surface area contributed by atoms with Gasteiger partial charge in [0, 0.05) is 39.3 Å². The molecule has 0 unspecified atom stereocenters. The second-order valence-corrected chi connectivity index (χ2v) is 10.6. The van der Waals surface area contributed by atoms with Gasteiger partial charge in [0.2, 0.25) is 15.9 Å². The molecular weight excluding hydrogens is 386 g/mol. The van der Waals surface area contributed by atoms with Crippen molar-refractivity contribution in [2.24, 2.45) is 0 Å². The van der Waals surface area contributed by atoms with Gasteiger partial charge in [-0.15, -0.1) is 0 Å². The van der Waals surface area contributed by atoms with Crippen LogP contribution in [0.1, 0.15) is 49.7 Å². The minimum absolute atomic E-state index is 0.196. The Labute approximate surface area is 174 Å². The highest BCUT2D eigenvalue weighted by molar-refractivity contribution is 7.89. The summed E-state index contributed by atoms with van der Waals surface area (Å²) in [4.78, 5) is 17.2. The van der Waals surface area contributed by atoms with Crippen LogP contribution in [0.4, 0.5) is 0 Å². The predicted molar refractivity (Wildman–Crippen MR) is 113 cm³/mol. The maximum absolute atomic E-state index is 13.1. The molecule has 2 fully saturated rings. The van der Waals surface area contributed by atoms with Gasteiger partial charge < -0.3 is 4.90 Å². The number of nitrogens with zero attached hydrogens (tertiary/aromatic N) is 3. The smallest absolute Gasteiger partial charge is 0.243 e. The van der Waals surface area contributed by atoms with Gasteiger partial charge in [-0.2, -0.15) is 4.31 Å². The van der Waals surface area contributed by atoms with E-state index >= 15 is 0 Å². The van der Waals surface area contributed by atoms with Crippen LogP contribution >= 0.6 is 0 Å². The summed E-state index contributed by atoms with van der Waals surface area (Å²) >= 11 is 0. The van der Waals surface area contributed by atoms with Gasteiger partial charge in [-0.1, -0.05) is 25.3 Å². The molecule has 2 saturated heterocycles. The first-order valence-electron chi connectivity index (χ1n) is 11.2. The van der Waals surface area contributed by atoms with E-state index in [4.69, 9.17) is 0 Å². The van der Waals surface area contributed by atoms with Crippen LogP contribution in [0.15, 0.2) is 23.1 Å². The summed E-state index contributed by atoms with van der Waals surface area (Å²) in [7, 11) is -3.45. The molecule has 29 heavy (non-hydrogen) atoms. The van der Waals surface area contributed by atoms with E-state index < -0.39 is 10.0 Å². The number of rotatable bonds is 4. The summed E-state index contributed by atoms with van der Waals surface area (Å²) in [6.45, 7) is 4.27. The molecule has 0 radical (unpaired) electrons. The molecule has 1 aromatic carbocycles. The minimum Gasteiger partial charge on any atom is -0.342 e. The Bertz CT molecular complexity index is 824. The van der Waals surface area contributed by atoms with Gasteiger partial charge in [0.25, 0.3) is 0 Å². The maximum atomic E-state index is 13.1. The fraction of sp³-hybridized carbons (Fsp3) is 0.682. The fourth-order valence-electron chi connectivity index (χ4n) is 4.77. The molecule has 0 atom stereocenters. The van der Waals surface area contributed by atoms with Crippen molar-refractivity contribution in [3.63, 3.8) is 0 Å². The van der Waals surface area contributed by atoms with Crippen LogP contribution in [0.25, 0.3) is 0 Å². The topological polar surface area (TPSA) is 60.9 Å². The number of likely N-dealkylation sites (tertiary alicyclic amines) is 1. The Morgan fingerprint density at radius 3 is 2.17 bits per heavy atom.